The monoisotopic (exact) mass is 264 g/mol. The number of Topliss-reactive ketones (excluding diaryl/α,β-unsaturated/α-hetero) is 1. The van der Waals surface area contributed by atoms with Crippen molar-refractivity contribution in [2.75, 3.05) is 0 Å². The van der Waals surface area contributed by atoms with Crippen LogP contribution in [0.4, 0.5) is 0 Å². The van der Waals surface area contributed by atoms with Gasteiger partial charge in [0.05, 0.1) is 0 Å². The molecule has 0 aliphatic rings. The lowest BCUT2D eigenvalue weighted by atomic mass is 9.87. The zero-order chi connectivity index (χ0) is 14.5. The number of carboxylic acid groups (broad SMARTS) is 1. The average Bonchev–Trinajstić information content (AvgIpc) is 2.33. The first-order chi connectivity index (χ1) is 8.82. The first kappa shape index (κ1) is 15.4. The molecule has 2 N–H and O–H groups in total. The number of carboxylic acids is 1. The molecule has 0 aliphatic carbocycles. The van der Waals surface area contributed by atoms with Gasteiger partial charge in [0.25, 0.3) is 0 Å². The van der Waals surface area contributed by atoms with Gasteiger partial charge in [-0.15, -0.1) is 0 Å². The fourth-order valence-electron chi connectivity index (χ4n) is 1.95. The van der Waals surface area contributed by atoms with Crippen LogP contribution in [0.25, 0.3) is 0 Å². The van der Waals surface area contributed by atoms with Gasteiger partial charge in [-0.3, -0.25) is 9.59 Å². The molecule has 104 valence electrons. The van der Waals surface area contributed by atoms with Crippen molar-refractivity contribution in [1.29, 1.82) is 0 Å². The van der Waals surface area contributed by atoms with Crippen LogP contribution >= 0.6 is 0 Å². The van der Waals surface area contributed by atoms with Crippen LogP contribution in [0, 0.1) is 5.92 Å². The molecule has 1 unspecified atom stereocenters. The minimum atomic E-state index is -1.60. The Balaban J connectivity index is 2.56. The Bertz CT molecular complexity index is 431. The van der Waals surface area contributed by atoms with Crippen LogP contribution in [-0.4, -0.2) is 27.6 Å². The summed E-state index contributed by atoms with van der Waals surface area (Å²) in [6.07, 6.45) is 1.57. The molecule has 4 nitrogen and oxygen atoms in total. The Morgan fingerprint density at radius 1 is 1.21 bits per heavy atom. The highest BCUT2D eigenvalue weighted by atomic mass is 16.4. The molecule has 0 saturated carbocycles. The second-order valence-electron chi connectivity index (χ2n) is 5.19. The first-order valence-electron chi connectivity index (χ1n) is 6.36. The minimum Gasteiger partial charge on any atom is -0.481 e. The van der Waals surface area contributed by atoms with Gasteiger partial charge in [0.2, 0.25) is 0 Å². The van der Waals surface area contributed by atoms with Gasteiger partial charge in [-0.25, -0.2) is 0 Å². The van der Waals surface area contributed by atoms with Gasteiger partial charge in [0.1, 0.15) is 11.5 Å². The second kappa shape index (κ2) is 6.48. The summed E-state index contributed by atoms with van der Waals surface area (Å²) in [4.78, 5) is 22.9. The topological polar surface area (TPSA) is 74.6 Å². The Kier molecular flexibility index (Phi) is 5.24. The van der Waals surface area contributed by atoms with E-state index in [0.717, 1.165) is 12.0 Å². The van der Waals surface area contributed by atoms with Crippen LogP contribution < -0.4 is 0 Å². The number of hydrogen-bond acceptors (Lipinski definition) is 3. The summed E-state index contributed by atoms with van der Waals surface area (Å²) in [5.74, 6) is -2.93. The third kappa shape index (κ3) is 4.83. The fraction of sp³-hybridized carbons (Fsp3) is 0.467. The van der Waals surface area contributed by atoms with E-state index in [4.69, 9.17) is 5.11 Å². The molecule has 0 saturated heterocycles. The summed E-state index contributed by atoms with van der Waals surface area (Å²) in [5.41, 5.74) is -0.488. The summed E-state index contributed by atoms with van der Waals surface area (Å²) in [6, 6.07) is 9.69. The Labute approximate surface area is 113 Å². The normalized spacial score (nSPS) is 13.0. The number of carbonyl (C=O) groups is 2. The molecule has 0 spiro atoms. The van der Waals surface area contributed by atoms with Crippen LogP contribution in [0.2, 0.25) is 0 Å². The van der Waals surface area contributed by atoms with Crippen molar-refractivity contribution in [2.24, 2.45) is 5.92 Å². The molecule has 1 aromatic carbocycles. The number of benzene rings is 1. The minimum absolute atomic E-state index is 0.243. The van der Waals surface area contributed by atoms with E-state index in [1.807, 2.05) is 30.3 Å². The number of aliphatic hydroxyl groups is 1. The predicted molar refractivity (Wildman–Crippen MR) is 71.8 cm³/mol. The van der Waals surface area contributed by atoms with Crippen molar-refractivity contribution in [3.05, 3.63) is 35.9 Å². The molecule has 0 fully saturated rings. The van der Waals surface area contributed by atoms with Crippen molar-refractivity contribution >= 4 is 11.8 Å². The van der Waals surface area contributed by atoms with Gasteiger partial charge in [0.15, 0.2) is 5.78 Å². The van der Waals surface area contributed by atoms with E-state index < -0.39 is 23.3 Å². The molecule has 0 aromatic heterocycles. The molecule has 0 bridgehead atoms. The largest absolute Gasteiger partial charge is 0.481 e. The summed E-state index contributed by atoms with van der Waals surface area (Å²) >= 11 is 0. The number of rotatable bonds is 7. The molecule has 1 rings (SSSR count). The van der Waals surface area contributed by atoms with Gasteiger partial charge in [-0.1, -0.05) is 30.3 Å². The highest BCUT2D eigenvalue weighted by molar-refractivity contribution is 6.02. The smallest absolute Gasteiger partial charge is 0.314 e. The molecule has 4 heteroatoms. The summed E-state index contributed by atoms with van der Waals surface area (Å²) in [7, 11) is 0. The number of aryl methyl sites for hydroxylation is 1. The zero-order valence-corrected chi connectivity index (χ0v) is 11.3. The molecule has 1 atom stereocenters. The van der Waals surface area contributed by atoms with E-state index in [1.54, 1.807) is 0 Å². The van der Waals surface area contributed by atoms with E-state index in [-0.39, 0.29) is 6.42 Å². The standard InChI is InChI=1S/C15H20O4/c1-15(2,19)13(16)12(14(17)18)10-6-9-11-7-4-3-5-8-11/h3-5,7-8,12,19H,6,9-10H2,1-2H3,(H,17,18). The number of aliphatic carboxylic acids is 1. The summed E-state index contributed by atoms with van der Waals surface area (Å²) in [5, 5.41) is 18.7. The maximum absolute atomic E-state index is 11.8. The molecule has 0 heterocycles. The highest BCUT2D eigenvalue weighted by Gasteiger charge is 2.35. The van der Waals surface area contributed by atoms with Crippen LogP contribution in [0.5, 0.6) is 0 Å². The van der Waals surface area contributed by atoms with Crippen molar-refractivity contribution in [3.63, 3.8) is 0 Å². The Morgan fingerprint density at radius 2 is 1.79 bits per heavy atom. The van der Waals surface area contributed by atoms with Crippen molar-refractivity contribution < 1.29 is 19.8 Å². The van der Waals surface area contributed by atoms with Gasteiger partial charge in [-0.2, -0.15) is 0 Å². The van der Waals surface area contributed by atoms with Crippen molar-refractivity contribution in [3.8, 4) is 0 Å². The SMILES string of the molecule is CC(C)(O)C(=O)C(CCCc1ccccc1)C(=O)O. The number of hydrogen-bond donors (Lipinski definition) is 2. The van der Waals surface area contributed by atoms with Crippen molar-refractivity contribution in [2.45, 2.75) is 38.7 Å². The van der Waals surface area contributed by atoms with Gasteiger partial charge >= 0.3 is 5.97 Å². The first-order valence-corrected chi connectivity index (χ1v) is 6.36. The van der Waals surface area contributed by atoms with Gasteiger partial charge in [-0.05, 0) is 38.7 Å². The number of ketones is 1. The summed E-state index contributed by atoms with van der Waals surface area (Å²) < 4.78 is 0. The van der Waals surface area contributed by atoms with Crippen molar-refractivity contribution in [1.82, 2.24) is 0 Å². The van der Waals surface area contributed by atoms with E-state index in [0.29, 0.717) is 6.42 Å². The van der Waals surface area contributed by atoms with Crippen LogP contribution in [0.3, 0.4) is 0 Å². The molecular weight excluding hydrogens is 244 g/mol. The lowest BCUT2D eigenvalue weighted by Gasteiger charge is -2.20. The van der Waals surface area contributed by atoms with E-state index >= 15 is 0 Å². The Morgan fingerprint density at radius 3 is 2.26 bits per heavy atom. The lowest BCUT2D eigenvalue weighted by Crippen LogP contribution is -2.40. The van der Waals surface area contributed by atoms with E-state index in [1.165, 1.54) is 13.8 Å². The molecular formula is C15H20O4. The lowest BCUT2D eigenvalue weighted by molar-refractivity contribution is -0.153. The summed E-state index contributed by atoms with van der Waals surface area (Å²) in [6.45, 7) is 2.64. The molecule has 0 aliphatic heterocycles. The van der Waals surface area contributed by atoms with E-state index in [9.17, 15) is 14.7 Å². The van der Waals surface area contributed by atoms with Crippen LogP contribution in [0.15, 0.2) is 30.3 Å². The van der Waals surface area contributed by atoms with Gasteiger partial charge < -0.3 is 10.2 Å². The van der Waals surface area contributed by atoms with Crippen LogP contribution in [0.1, 0.15) is 32.3 Å². The quantitative estimate of drug-likeness (QED) is 0.739. The molecule has 1 aromatic rings. The van der Waals surface area contributed by atoms with Crippen LogP contribution in [-0.2, 0) is 16.0 Å². The molecule has 0 amide bonds. The predicted octanol–water partition coefficient (Wildman–Crippen LogP) is 2.05. The maximum Gasteiger partial charge on any atom is 0.314 e. The third-order valence-corrected chi connectivity index (χ3v) is 3.02. The Hall–Kier alpha value is -1.68. The number of carbonyl (C=O) groups excluding carboxylic acids is 1. The second-order valence-corrected chi connectivity index (χ2v) is 5.19. The molecule has 19 heavy (non-hydrogen) atoms. The van der Waals surface area contributed by atoms with Gasteiger partial charge in [0, 0.05) is 0 Å². The maximum atomic E-state index is 11.8. The van der Waals surface area contributed by atoms with E-state index in [2.05, 4.69) is 0 Å². The fourth-order valence-corrected chi connectivity index (χ4v) is 1.95. The highest BCUT2D eigenvalue weighted by Crippen LogP contribution is 2.18. The zero-order valence-electron chi connectivity index (χ0n) is 11.3. The molecule has 0 radical (unpaired) electrons. The average molecular weight is 264 g/mol. The third-order valence-electron chi connectivity index (χ3n) is 3.02.